The lowest BCUT2D eigenvalue weighted by molar-refractivity contribution is -0.115. The number of rotatable bonds is 5. The molecule has 1 aliphatic rings. The molecule has 0 unspecified atom stereocenters. The lowest BCUT2D eigenvalue weighted by Gasteiger charge is -2.24. The van der Waals surface area contributed by atoms with Gasteiger partial charge in [0.1, 0.15) is 0 Å². The van der Waals surface area contributed by atoms with Gasteiger partial charge < -0.3 is 10.2 Å². The van der Waals surface area contributed by atoms with E-state index in [9.17, 15) is 13.2 Å². The Morgan fingerprint density at radius 3 is 2.77 bits per heavy atom. The maximum Gasteiger partial charge on any atom is 0.243 e. The average Bonchev–Trinajstić information content (AvgIpc) is 2.89. The van der Waals surface area contributed by atoms with Crippen molar-refractivity contribution < 1.29 is 13.2 Å². The van der Waals surface area contributed by atoms with Crippen LogP contribution in [0.1, 0.15) is 12.5 Å². The van der Waals surface area contributed by atoms with Gasteiger partial charge in [-0.15, -0.1) is 11.8 Å². The number of carbonyl (C=O) groups is 1. The first-order valence-electron chi connectivity index (χ1n) is 8.14. The molecule has 0 radical (unpaired) electrons. The van der Waals surface area contributed by atoms with Crippen molar-refractivity contribution in [3.8, 4) is 0 Å². The van der Waals surface area contributed by atoms with Gasteiger partial charge in [-0.3, -0.25) is 4.79 Å². The van der Waals surface area contributed by atoms with Crippen LogP contribution in [0.25, 0.3) is 0 Å². The highest BCUT2D eigenvalue weighted by Crippen LogP contribution is 2.33. The number of nitrogens with one attached hydrogen (secondary N) is 1. The molecule has 8 heteroatoms. The summed E-state index contributed by atoms with van der Waals surface area (Å²) in [4.78, 5) is 15.6. The maximum absolute atomic E-state index is 12.5. The van der Waals surface area contributed by atoms with E-state index in [0.29, 0.717) is 6.42 Å². The van der Waals surface area contributed by atoms with Crippen LogP contribution in [-0.2, 0) is 21.2 Å². The molecule has 0 fully saturated rings. The molecule has 0 aromatic heterocycles. The van der Waals surface area contributed by atoms with E-state index in [1.165, 1.54) is 6.07 Å². The van der Waals surface area contributed by atoms with Crippen molar-refractivity contribution in [3.63, 3.8) is 0 Å². The molecule has 0 aliphatic carbocycles. The maximum atomic E-state index is 12.5. The van der Waals surface area contributed by atoms with Gasteiger partial charge in [-0.25, -0.2) is 13.6 Å². The average molecular weight is 392 g/mol. The molecular weight excluding hydrogens is 370 g/mol. The quantitative estimate of drug-likeness (QED) is 0.764. The lowest BCUT2D eigenvalue weighted by atomic mass is 10.1. The molecule has 0 saturated carbocycles. The number of anilines is 2. The largest absolute Gasteiger partial charge is 0.359 e. The smallest absolute Gasteiger partial charge is 0.243 e. The predicted molar refractivity (Wildman–Crippen MR) is 105 cm³/mol. The van der Waals surface area contributed by atoms with Crippen LogP contribution in [0.15, 0.2) is 52.3 Å². The summed E-state index contributed by atoms with van der Waals surface area (Å²) < 4.78 is 23.1. The van der Waals surface area contributed by atoms with Gasteiger partial charge in [-0.1, -0.05) is 6.07 Å². The highest BCUT2D eigenvalue weighted by Gasteiger charge is 2.28. The summed E-state index contributed by atoms with van der Waals surface area (Å²) in [6.07, 6.45) is 2.66. The zero-order chi connectivity index (χ0) is 18.9. The van der Waals surface area contributed by atoms with Gasteiger partial charge in [0.05, 0.1) is 11.4 Å². The normalized spacial score (nSPS) is 16.4. The fraction of sp³-hybridized carbons (Fsp3) is 0.278. The van der Waals surface area contributed by atoms with E-state index in [4.69, 9.17) is 5.14 Å². The van der Waals surface area contributed by atoms with Crippen molar-refractivity contribution >= 4 is 39.1 Å². The number of nitrogens with zero attached hydrogens (tertiary/aromatic N) is 1. The molecule has 1 amide bonds. The molecular formula is C18H21N3O3S2. The highest BCUT2D eigenvalue weighted by atomic mass is 32.2. The Bertz CT molecular complexity index is 944. The standard InChI is InChI=1S/C18H21N3O3S2/c1-12-8-13-9-16(26(19,23)24)6-7-17(13)21(12)11-18(22)20-14-4-3-5-15(10-14)25-2/h3-7,9-10,12H,8,11H2,1-2H3,(H,20,22)(H2,19,23,24)/t12-/m1/s1. The Morgan fingerprint density at radius 1 is 1.31 bits per heavy atom. The lowest BCUT2D eigenvalue weighted by Crippen LogP contribution is -2.37. The minimum Gasteiger partial charge on any atom is -0.359 e. The van der Waals surface area contributed by atoms with Crippen LogP contribution < -0.4 is 15.4 Å². The van der Waals surface area contributed by atoms with Crippen molar-refractivity contribution in [1.29, 1.82) is 0 Å². The zero-order valence-corrected chi connectivity index (χ0v) is 16.2. The number of hydrogen-bond donors (Lipinski definition) is 2. The van der Waals surface area contributed by atoms with E-state index < -0.39 is 10.0 Å². The van der Waals surface area contributed by atoms with Crippen molar-refractivity contribution in [2.24, 2.45) is 5.14 Å². The SMILES string of the molecule is CSc1cccc(NC(=O)CN2c3ccc(S(N)(=O)=O)cc3C[C@H]2C)c1. The molecule has 6 nitrogen and oxygen atoms in total. The second kappa shape index (κ2) is 7.30. The van der Waals surface area contributed by atoms with Crippen LogP contribution in [0.4, 0.5) is 11.4 Å². The Morgan fingerprint density at radius 2 is 2.08 bits per heavy atom. The summed E-state index contributed by atoms with van der Waals surface area (Å²) in [7, 11) is -3.73. The molecule has 3 rings (SSSR count). The molecule has 2 aromatic carbocycles. The van der Waals surface area contributed by atoms with Crippen LogP contribution in [-0.4, -0.2) is 33.2 Å². The fourth-order valence-electron chi connectivity index (χ4n) is 3.15. The summed E-state index contributed by atoms with van der Waals surface area (Å²) in [5.41, 5.74) is 2.53. The molecule has 1 aliphatic heterocycles. The van der Waals surface area contributed by atoms with E-state index >= 15 is 0 Å². The third kappa shape index (κ3) is 4.03. The van der Waals surface area contributed by atoms with Gasteiger partial charge in [0.15, 0.2) is 0 Å². The molecule has 0 saturated heterocycles. The molecule has 1 atom stereocenters. The summed E-state index contributed by atoms with van der Waals surface area (Å²) in [6.45, 7) is 2.21. The van der Waals surface area contributed by atoms with Crippen molar-refractivity contribution in [2.75, 3.05) is 23.0 Å². The molecule has 138 valence electrons. The number of benzene rings is 2. The molecule has 26 heavy (non-hydrogen) atoms. The summed E-state index contributed by atoms with van der Waals surface area (Å²) in [6, 6.07) is 12.6. The Hall–Kier alpha value is -2.03. The summed E-state index contributed by atoms with van der Waals surface area (Å²) in [5.74, 6) is -0.113. The number of nitrogens with two attached hydrogens (primary N) is 1. The first-order valence-corrected chi connectivity index (χ1v) is 10.9. The van der Waals surface area contributed by atoms with E-state index in [-0.39, 0.29) is 23.4 Å². The van der Waals surface area contributed by atoms with E-state index in [1.54, 1.807) is 23.9 Å². The number of amides is 1. The molecule has 0 bridgehead atoms. The molecule has 1 heterocycles. The number of carbonyl (C=O) groups excluding carboxylic acids is 1. The van der Waals surface area contributed by atoms with Crippen molar-refractivity contribution in [3.05, 3.63) is 48.0 Å². The van der Waals surface area contributed by atoms with Gasteiger partial charge in [0.25, 0.3) is 0 Å². The minimum atomic E-state index is -3.73. The van der Waals surface area contributed by atoms with Crippen LogP contribution >= 0.6 is 11.8 Å². The van der Waals surface area contributed by atoms with Crippen LogP contribution in [0.5, 0.6) is 0 Å². The molecule has 2 aromatic rings. The summed E-state index contributed by atoms with van der Waals surface area (Å²) >= 11 is 1.62. The third-order valence-corrected chi connectivity index (χ3v) is 6.04. The van der Waals surface area contributed by atoms with Gasteiger partial charge in [-0.2, -0.15) is 0 Å². The number of hydrogen-bond acceptors (Lipinski definition) is 5. The van der Waals surface area contributed by atoms with E-state index in [2.05, 4.69) is 5.32 Å². The predicted octanol–water partition coefficient (Wildman–Crippen LogP) is 2.45. The number of sulfonamides is 1. The second-order valence-corrected chi connectivity index (χ2v) is 8.74. The van der Waals surface area contributed by atoms with Crippen LogP contribution in [0.2, 0.25) is 0 Å². The molecule has 0 spiro atoms. The van der Waals surface area contributed by atoms with Gasteiger partial charge in [0.2, 0.25) is 15.9 Å². The summed E-state index contributed by atoms with van der Waals surface area (Å²) in [5, 5.41) is 8.12. The van der Waals surface area contributed by atoms with Gasteiger partial charge in [-0.05, 0) is 61.6 Å². The Kier molecular flexibility index (Phi) is 5.27. The third-order valence-electron chi connectivity index (χ3n) is 4.40. The Balaban J connectivity index is 1.75. The monoisotopic (exact) mass is 391 g/mol. The zero-order valence-electron chi connectivity index (χ0n) is 14.6. The number of thioether (sulfide) groups is 1. The van der Waals surface area contributed by atoms with Crippen LogP contribution in [0.3, 0.4) is 0 Å². The molecule has 3 N–H and O–H groups in total. The van der Waals surface area contributed by atoms with Crippen molar-refractivity contribution in [2.45, 2.75) is 29.2 Å². The fourth-order valence-corrected chi connectivity index (χ4v) is 4.17. The number of primary sulfonamides is 1. The van der Waals surface area contributed by atoms with E-state index in [1.807, 2.05) is 42.3 Å². The second-order valence-electron chi connectivity index (χ2n) is 6.30. The Labute approximate surface area is 157 Å². The van der Waals surface area contributed by atoms with E-state index in [0.717, 1.165) is 21.8 Å². The topological polar surface area (TPSA) is 92.5 Å². The van der Waals surface area contributed by atoms with Gasteiger partial charge >= 0.3 is 0 Å². The minimum absolute atomic E-state index is 0.101. The van der Waals surface area contributed by atoms with Crippen molar-refractivity contribution in [1.82, 2.24) is 0 Å². The first-order chi connectivity index (χ1) is 12.3. The van der Waals surface area contributed by atoms with Crippen LogP contribution in [0, 0.1) is 0 Å². The first kappa shape index (κ1) is 18.8. The highest BCUT2D eigenvalue weighted by molar-refractivity contribution is 7.98. The van der Waals surface area contributed by atoms with Gasteiger partial charge in [0, 0.05) is 22.3 Å². The number of fused-ring (bicyclic) bond motifs is 1.